The summed E-state index contributed by atoms with van der Waals surface area (Å²) < 4.78 is 0. The molecule has 0 saturated heterocycles. The number of H-pyrrole nitrogens is 1. The van der Waals surface area contributed by atoms with Gasteiger partial charge in [-0.25, -0.2) is 0 Å². The number of nitrogens with one attached hydrogen (secondary N) is 2. The molecule has 0 saturated carbocycles. The van der Waals surface area contributed by atoms with E-state index in [0.29, 0.717) is 0 Å². The van der Waals surface area contributed by atoms with E-state index in [-0.39, 0.29) is 11.4 Å². The van der Waals surface area contributed by atoms with Crippen LogP contribution in [0.2, 0.25) is 0 Å². The van der Waals surface area contributed by atoms with Gasteiger partial charge < -0.3 is 21.2 Å². The number of pyridine rings is 1. The first kappa shape index (κ1) is 11.8. The normalized spacial score (nSPS) is 13.2. The fourth-order valence-corrected chi connectivity index (χ4v) is 1.03. The second-order valence-electron chi connectivity index (χ2n) is 3.14. The number of hydrogen-bond acceptors (Lipinski definition) is 4. The number of nitrogens with two attached hydrogens (primary N) is 1. The molecule has 0 aliphatic heterocycles. The maximum Gasteiger partial charge on any atom is 0.257 e. The number of nitrogens with zero attached hydrogens (tertiary/aromatic N) is 1. The van der Waals surface area contributed by atoms with Gasteiger partial charge in [-0.05, 0) is 6.92 Å². The number of oxime groups is 1. The summed E-state index contributed by atoms with van der Waals surface area (Å²) in [5, 5.41) is 13.6. The van der Waals surface area contributed by atoms with Crippen molar-refractivity contribution in [1.82, 2.24) is 10.3 Å². The highest BCUT2D eigenvalue weighted by molar-refractivity contribution is 5.97. The molecule has 0 aliphatic carbocycles. The van der Waals surface area contributed by atoms with Crippen LogP contribution < -0.4 is 16.5 Å². The van der Waals surface area contributed by atoms with Crippen molar-refractivity contribution < 1.29 is 10.0 Å². The molecule has 16 heavy (non-hydrogen) atoms. The van der Waals surface area contributed by atoms with Gasteiger partial charge in [0.25, 0.3) is 5.91 Å². The molecule has 0 aromatic carbocycles. The van der Waals surface area contributed by atoms with Crippen LogP contribution in [0.15, 0.2) is 28.4 Å². The minimum atomic E-state index is -0.655. The van der Waals surface area contributed by atoms with Crippen molar-refractivity contribution in [3.05, 3.63) is 34.2 Å². The van der Waals surface area contributed by atoms with Crippen molar-refractivity contribution >= 4 is 11.7 Å². The summed E-state index contributed by atoms with van der Waals surface area (Å²) in [5.41, 5.74) is 4.85. The molecule has 1 aromatic rings. The largest absolute Gasteiger partial charge is 0.409 e. The smallest absolute Gasteiger partial charge is 0.257 e. The van der Waals surface area contributed by atoms with Crippen molar-refractivity contribution in [2.75, 3.05) is 0 Å². The summed E-state index contributed by atoms with van der Waals surface area (Å²) in [7, 11) is 0. The molecule has 0 bridgehead atoms. The zero-order valence-electron chi connectivity index (χ0n) is 8.60. The van der Waals surface area contributed by atoms with E-state index < -0.39 is 17.4 Å². The summed E-state index contributed by atoms with van der Waals surface area (Å²) in [6.07, 6.45) is 2.71. The topological polar surface area (TPSA) is 121 Å². The summed E-state index contributed by atoms with van der Waals surface area (Å²) >= 11 is 0. The Hall–Kier alpha value is -2.31. The zero-order valence-corrected chi connectivity index (χ0v) is 8.60. The van der Waals surface area contributed by atoms with Crippen LogP contribution in [0.1, 0.15) is 17.3 Å². The lowest BCUT2D eigenvalue weighted by atomic mass is 10.2. The van der Waals surface area contributed by atoms with Gasteiger partial charge in [0.2, 0.25) is 0 Å². The molecular weight excluding hydrogens is 212 g/mol. The Morgan fingerprint density at radius 2 is 2.38 bits per heavy atom. The van der Waals surface area contributed by atoms with Gasteiger partial charge in [-0.3, -0.25) is 9.59 Å². The summed E-state index contributed by atoms with van der Waals surface area (Å²) in [4.78, 5) is 25.5. The monoisotopic (exact) mass is 224 g/mol. The van der Waals surface area contributed by atoms with Crippen molar-refractivity contribution in [3.63, 3.8) is 0 Å². The van der Waals surface area contributed by atoms with Gasteiger partial charge in [0.1, 0.15) is 5.56 Å². The first-order valence-corrected chi connectivity index (χ1v) is 4.51. The average Bonchev–Trinajstić information content (AvgIpc) is 2.28. The predicted molar refractivity (Wildman–Crippen MR) is 57.4 cm³/mol. The fourth-order valence-electron chi connectivity index (χ4n) is 1.03. The third kappa shape index (κ3) is 2.59. The number of amides is 1. The Morgan fingerprint density at radius 3 is 2.94 bits per heavy atom. The Balaban J connectivity index is 2.82. The van der Waals surface area contributed by atoms with Crippen LogP contribution in [0.25, 0.3) is 0 Å². The molecule has 0 fully saturated rings. The Bertz CT molecular complexity index is 466. The third-order valence-electron chi connectivity index (χ3n) is 1.98. The molecule has 1 rings (SSSR count). The average molecular weight is 224 g/mol. The quantitative estimate of drug-likeness (QED) is 0.233. The highest BCUT2D eigenvalue weighted by Gasteiger charge is 2.14. The van der Waals surface area contributed by atoms with Crippen molar-refractivity contribution in [3.8, 4) is 0 Å². The second-order valence-corrected chi connectivity index (χ2v) is 3.14. The number of rotatable bonds is 3. The van der Waals surface area contributed by atoms with Crippen LogP contribution >= 0.6 is 0 Å². The fraction of sp³-hybridized carbons (Fsp3) is 0.222. The molecule has 1 unspecified atom stereocenters. The van der Waals surface area contributed by atoms with Gasteiger partial charge in [0, 0.05) is 18.5 Å². The first-order valence-electron chi connectivity index (χ1n) is 4.51. The highest BCUT2D eigenvalue weighted by Crippen LogP contribution is 1.90. The van der Waals surface area contributed by atoms with E-state index in [2.05, 4.69) is 15.5 Å². The highest BCUT2D eigenvalue weighted by atomic mass is 16.4. The maximum absolute atomic E-state index is 11.6. The maximum atomic E-state index is 11.6. The number of aromatic nitrogens is 1. The Labute approximate surface area is 91.0 Å². The molecule has 0 spiro atoms. The molecule has 1 atom stereocenters. The molecule has 86 valence electrons. The molecule has 1 amide bonds. The number of aromatic amines is 1. The van der Waals surface area contributed by atoms with Crippen LogP contribution in [-0.4, -0.2) is 28.0 Å². The molecule has 1 aromatic heterocycles. The lowest BCUT2D eigenvalue weighted by Gasteiger charge is -2.11. The van der Waals surface area contributed by atoms with Crippen LogP contribution in [-0.2, 0) is 0 Å². The predicted octanol–water partition coefficient (Wildman–Crippen LogP) is -0.760. The lowest BCUT2D eigenvalue weighted by Crippen LogP contribution is -2.43. The van der Waals surface area contributed by atoms with Crippen molar-refractivity contribution in [1.29, 1.82) is 0 Å². The van der Waals surface area contributed by atoms with Crippen LogP contribution in [0, 0.1) is 0 Å². The van der Waals surface area contributed by atoms with E-state index >= 15 is 0 Å². The van der Waals surface area contributed by atoms with Crippen molar-refractivity contribution in [2.24, 2.45) is 10.9 Å². The van der Waals surface area contributed by atoms with Gasteiger partial charge in [-0.1, -0.05) is 5.16 Å². The lowest BCUT2D eigenvalue weighted by molar-refractivity contribution is 0.0947. The molecular formula is C9H12N4O3. The van der Waals surface area contributed by atoms with E-state index in [9.17, 15) is 9.59 Å². The van der Waals surface area contributed by atoms with Crippen LogP contribution in [0.5, 0.6) is 0 Å². The van der Waals surface area contributed by atoms with Crippen LogP contribution in [0.4, 0.5) is 0 Å². The van der Waals surface area contributed by atoms with E-state index in [1.165, 1.54) is 25.4 Å². The minimum Gasteiger partial charge on any atom is -0.409 e. The summed E-state index contributed by atoms with van der Waals surface area (Å²) in [6, 6.07) is 0.584. The first-order chi connectivity index (χ1) is 7.56. The standard InChI is InChI=1S/C9H12N4O3/c1-5(8(10)13-16)12-9(15)6-4-11-3-2-7(6)14/h2-5,16H,1H3,(H2,10,13)(H,11,14)(H,12,15). The minimum absolute atomic E-state index is 0.0277. The SMILES string of the molecule is CC(NC(=O)c1c[nH]ccc1=O)/C(N)=N/O. The summed E-state index contributed by atoms with van der Waals surface area (Å²) in [6.45, 7) is 1.53. The second kappa shape index (κ2) is 4.96. The van der Waals surface area contributed by atoms with E-state index in [0.717, 1.165) is 0 Å². The third-order valence-corrected chi connectivity index (χ3v) is 1.98. The van der Waals surface area contributed by atoms with E-state index in [1.54, 1.807) is 0 Å². The number of amidine groups is 1. The summed E-state index contributed by atoms with van der Waals surface area (Å²) in [5.74, 6) is -0.721. The molecule has 5 N–H and O–H groups in total. The van der Waals surface area contributed by atoms with Gasteiger partial charge in [-0.2, -0.15) is 0 Å². The number of carbonyl (C=O) groups excluding carboxylic acids is 1. The Morgan fingerprint density at radius 1 is 1.69 bits per heavy atom. The Kier molecular flexibility index (Phi) is 3.65. The zero-order chi connectivity index (χ0) is 12.1. The molecule has 7 nitrogen and oxygen atoms in total. The van der Waals surface area contributed by atoms with Gasteiger partial charge in [0.15, 0.2) is 11.3 Å². The van der Waals surface area contributed by atoms with Gasteiger partial charge in [-0.15, -0.1) is 0 Å². The number of carbonyl (C=O) groups is 1. The molecule has 0 radical (unpaired) electrons. The van der Waals surface area contributed by atoms with Crippen LogP contribution in [0.3, 0.4) is 0 Å². The molecule has 7 heteroatoms. The molecule has 1 heterocycles. The van der Waals surface area contributed by atoms with Crippen molar-refractivity contribution in [2.45, 2.75) is 13.0 Å². The number of hydrogen-bond donors (Lipinski definition) is 4. The van der Waals surface area contributed by atoms with E-state index in [1.807, 2.05) is 0 Å². The van der Waals surface area contributed by atoms with Gasteiger partial charge in [0.05, 0.1) is 6.04 Å². The van der Waals surface area contributed by atoms with Gasteiger partial charge >= 0.3 is 0 Å². The molecule has 0 aliphatic rings. The van der Waals surface area contributed by atoms with E-state index in [4.69, 9.17) is 10.9 Å².